The summed E-state index contributed by atoms with van der Waals surface area (Å²) in [6, 6.07) is 6.17. The van der Waals surface area contributed by atoms with Gasteiger partial charge in [-0.25, -0.2) is 4.21 Å². The molecule has 1 unspecified atom stereocenters. The molecule has 1 aromatic rings. The average Bonchev–Trinajstić information content (AvgIpc) is 2.26. The molecule has 0 saturated heterocycles. The molecule has 92 valence electrons. The summed E-state index contributed by atoms with van der Waals surface area (Å²) >= 11 is -1.83. The summed E-state index contributed by atoms with van der Waals surface area (Å²) in [7, 11) is 0. The summed E-state index contributed by atoms with van der Waals surface area (Å²) in [6.07, 6.45) is 0. The van der Waals surface area contributed by atoms with Gasteiger partial charge in [-0.3, -0.25) is 9.08 Å². The highest BCUT2D eigenvalue weighted by atomic mass is 32.2. The van der Waals surface area contributed by atoms with Gasteiger partial charge in [-0.15, -0.1) is 0 Å². The van der Waals surface area contributed by atoms with Gasteiger partial charge in [0.25, 0.3) is 11.1 Å². The number of hydrogen-bond donors (Lipinski definition) is 1. The molecule has 6 nitrogen and oxygen atoms in total. The van der Waals surface area contributed by atoms with Crippen molar-refractivity contribution in [3.8, 4) is 0 Å². The van der Waals surface area contributed by atoms with Crippen LogP contribution in [-0.4, -0.2) is 16.0 Å². The SMILES string of the molecule is CC(=O)Nc1ccc(S(=O)O/N=C(\C)[O-])cc1. The number of nitrogens with zero attached hydrogens (tertiary/aromatic N) is 1. The first kappa shape index (κ1) is 13.2. The maximum absolute atomic E-state index is 11.4. The van der Waals surface area contributed by atoms with Crippen molar-refractivity contribution < 1.29 is 18.4 Å². The second kappa shape index (κ2) is 6.00. The molecule has 1 atom stereocenters. The monoisotopic (exact) mass is 255 g/mol. The van der Waals surface area contributed by atoms with Crippen molar-refractivity contribution in [1.82, 2.24) is 0 Å². The minimum absolute atomic E-state index is 0.193. The molecular formula is C10H11N2O4S-. The normalized spacial score (nSPS) is 12.9. The van der Waals surface area contributed by atoms with Crippen LogP contribution in [0.3, 0.4) is 0 Å². The molecule has 0 aromatic heterocycles. The smallest absolute Gasteiger partial charge is 0.265 e. The van der Waals surface area contributed by atoms with E-state index in [1.54, 1.807) is 12.1 Å². The van der Waals surface area contributed by atoms with E-state index in [1.807, 2.05) is 0 Å². The fraction of sp³-hybridized carbons (Fsp3) is 0.200. The van der Waals surface area contributed by atoms with Crippen LogP contribution in [0.5, 0.6) is 0 Å². The Morgan fingerprint density at radius 1 is 1.35 bits per heavy atom. The number of benzene rings is 1. The highest BCUT2D eigenvalue weighted by Crippen LogP contribution is 2.13. The molecule has 0 aliphatic carbocycles. The van der Waals surface area contributed by atoms with Crippen LogP contribution in [0.1, 0.15) is 13.8 Å². The van der Waals surface area contributed by atoms with Crippen LogP contribution < -0.4 is 10.4 Å². The van der Waals surface area contributed by atoms with E-state index in [4.69, 9.17) is 0 Å². The molecule has 17 heavy (non-hydrogen) atoms. The quantitative estimate of drug-likeness (QED) is 0.478. The topological polar surface area (TPSA) is 90.8 Å². The lowest BCUT2D eigenvalue weighted by Crippen LogP contribution is -2.12. The van der Waals surface area contributed by atoms with Gasteiger partial charge in [-0.05, 0) is 31.2 Å². The van der Waals surface area contributed by atoms with E-state index in [2.05, 4.69) is 14.8 Å². The lowest BCUT2D eigenvalue weighted by Gasteiger charge is -2.04. The minimum atomic E-state index is -1.83. The van der Waals surface area contributed by atoms with Gasteiger partial charge in [-0.1, -0.05) is 5.16 Å². The largest absolute Gasteiger partial charge is 0.860 e. The zero-order valence-corrected chi connectivity index (χ0v) is 10.1. The van der Waals surface area contributed by atoms with Crippen LogP contribution in [0, 0.1) is 0 Å². The van der Waals surface area contributed by atoms with Crippen molar-refractivity contribution in [3.63, 3.8) is 0 Å². The lowest BCUT2D eigenvalue weighted by molar-refractivity contribution is -0.218. The highest BCUT2D eigenvalue weighted by molar-refractivity contribution is 7.80. The van der Waals surface area contributed by atoms with Crippen molar-refractivity contribution in [1.29, 1.82) is 0 Å². The molecule has 1 amide bonds. The van der Waals surface area contributed by atoms with Gasteiger partial charge >= 0.3 is 0 Å². The number of oxime groups is 1. The molecule has 0 radical (unpaired) electrons. The first-order valence-corrected chi connectivity index (χ1v) is 5.75. The van der Waals surface area contributed by atoms with Gasteiger partial charge in [0.05, 0.1) is 4.90 Å². The molecule has 0 aliphatic rings. The molecule has 1 aromatic carbocycles. The number of nitrogens with one attached hydrogen (secondary N) is 1. The summed E-state index contributed by atoms with van der Waals surface area (Å²) in [5.41, 5.74) is 0.585. The van der Waals surface area contributed by atoms with E-state index in [9.17, 15) is 14.1 Å². The number of amides is 1. The van der Waals surface area contributed by atoms with E-state index in [-0.39, 0.29) is 5.91 Å². The predicted molar refractivity (Wildman–Crippen MR) is 61.3 cm³/mol. The van der Waals surface area contributed by atoms with Crippen molar-refractivity contribution in [2.45, 2.75) is 18.7 Å². The Hall–Kier alpha value is -1.89. The first-order chi connectivity index (χ1) is 7.99. The third kappa shape index (κ3) is 4.64. The van der Waals surface area contributed by atoms with E-state index >= 15 is 0 Å². The molecule has 0 bridgehead atoms. The zero-order valence-electron chi connectivity index (χ0n) is 9.30. The van der Waals surface area contributed by atoms with E-state index < -0.39 is 17.0 Å². The Labute approximate surface area is 101 Å². The van der Waals surface area contributed by atoms with Crippen LogP contribution in [0.15, 0.2) is 34.3 Å². The standard InChI is InChI=1S/C10H12N2O4S/c1-7(13)11-9-3-5-10(6-4-9)17(15)16-12-8(2)14/h3-6H,1-2H3,(H,11,13)(H,12,14)/p-1. The second-order valence-corrected chi connectivity index (χ2v) is 4.22. The van der Waals surface area contributed by atoms with Gasteiger partial charge in [0.15, 0.2) is 0 Å². The zero-order chi connectivity index (χ0) is 12.8. The maximum Gasteiger partial charge on any atom is 0.265 e. The molecule has 1 N–H and O–H groups in total. The van der Waals surface area contributed by atoms with Gasteiger partial charge in [-0.2, -0.15) is 0 Å². The number of hydrogen-bond acceptors (Lipinski definition) is 5. The maximum atomic E-state index is 11.4. The Bertz CT molecular complexity index is 452. The Morgan fingerprint density at radius 3 is 2.41 bits per heavy atom. The summed E-state index contributed by atoms with van der Waals surface area (Å²) < 4.78 is 15.9. The molecular weight excluding hydrogens is 244 g/mol. The number of carbonyl (C=O) groups excluding carboxylic acids is 1. The van der Waals surface area contributed by atoms with Gasteiger partial charge in [0, 0.05) is 18.5 Å². The summed E-state index contributed by atoms with van der Waals surface area (Å²) in [4.78, 5) is 11.1. The Balaban J connectivity index is 2.70. The van der Waals surface area contributed by atoms with Crippen molar-refractivity contribution >= 4 is 28.6 Å². The highest BCUT2D eigenvalue weighted by Gasteiger charge is 2.04. The van der Waals surface area contributed by atoms with Crippen LogP contribution in [0.2, 0.25) is 0 Å². The van der Waals surface area contributed by atoms with Gasteiger partial charge in [0.1, 0.15) is 0 Å². The minimum Gasteiger partial charge on any atom is -0.860 e. The third-order valence-electron chi connectivity index (χ3n) is 1.60. The van der Waals surface area contributed by atoms with Crippen molar-refractivity contribution in [2.24, 2.45) is 5.16 Å². The second-order valence-electron chi connectivity index (χ2n) is 3.13. The molecule has 0 fully saturated rings. The first-order valence-electron chi connectivity index (χ1n) is 4.67. The molecule has 0 aliphatic heterocycles. The van der Waals surface area contributed by atoms with Crippen LogP contribution in [0.25, 0.3) is 0 Å². The lowest BCUT2D eigenvalue weighted by atomic mass is 10.3. The molecule has 0 spiro atoms. The summed E-state index contributed by atoms with van der Waals surface area (Å²) in [5, 5.41) is 16.1. The van der Waals surface area contributed by atoms with Crippen LogP contribution >= 0.6 is 0 Å². The number of carbonyl (C=O) groups is 1. The van der Waals surface area contributed by atoms with E-state index in [1.165, 1.54) is 26.0 Å². The van der Waals surface area contributed by atoms with E-state index in [0.717, 1.165) is 0 Å². The average molecular weight is 255 g/mol. The Kier molecular flexibility index (Phi) is 4.65. The van der Waals surface area contributed by atoms with Crippen molar-refractivity contribution in [2.75, 3.05) is 5.32 Å². The van der Waals surface area contributed by atoms with Crippen LogP contribution in [-0.2, 0) is 20.2 Å². The molecule has 1 rings (SSSR count). The summed E-state index contributed by atoms with van der Waals surface area (Å²) in [5.74, 6) is -0.755. The van der Waals surface area contributed by atoms with Gasteiger partial charge < -0.3 is 10.4 Å². The molecule has 7 heteroatoms. The third-order valence-corrected chi connectivity index (χ3v) is 2.47. The molecule has 0 heterocycles. The van der Waals surface area contributed by atoms with E-state index in [0.29, 0.717) is 10.6 Å². The fourth-order valence-corrected chi connectivity index (χ4v) is 1.60. The predicted octanol–water partition coefficient (Wildman–Crippen LogP) is 0.378. The summed E-state index contributed by atoms with van der Waals surface area (Å²) in [6.45, 7) is 2.58. The molecule has 0 saturated carbocycles. The van der Waals surface area contributed by atoms with Crippen molar-refractivity contribution in [3.05, 3.63) is 24.3 Å². The van der Waals surface area contributed by atoms with Crippen LogP contribution in [0.4, 0.5) is 5.69 Å². The Morgan fingerprint density at radius 2 is 1.94 bits per heavy atom. The van der Waals surface area contributed by atoms with Gasteiger partial charge in [0.2, 0.25) is 5.91 Å². The number of rotatable bonds is 4. The number of anilines is 1. The fourth-order valence-electron chi connectivity index (χ4n) is 0.982.